The zero-order valence-corrected chi connectivity index (χ0v) is 15.3. The molecular weight excluding hydrogens is 347 g/mol. The maximum absolute atomic E-state index is 13.4. The minimum Gasteiger partial charge on any atom is -0.493 e. The van der Waals surface area contributed by atoms with Gasteiger partial charge in [0.1, 0.15) is 12.4 Å². The van der Waals surface area contributed by atoms with E-state index in [-0.39, 0.29) is 17.6 Å². The Morgan fingerprint density at radius 3 is 3.00 bits per heavy atom. The number of H-pyrrole nitrogens is 1. The van der Waals surface area contributed by atoms with Crippen LogP contribution in [0.3, 0.4) is 0 Å². The van der Waals surface area contributed by atoms with Crippen molar-refractivity contribution >= 4 is 16.8 Å². The Labute approximate surface area is 156 Å². The van der Waals surface area contributed by atoms with Gasteiger partial charge in [0.05, 0.1) is 19.6 Å². The molecule has 5 nitrogen and oxygen atoms in total. The molecule has 0 saturated carbocycles. The van der Waals surface area contributed by atoms with Crippen LogP contribution < -0.4 is 9.47 Å². The van der Waals surface area contributed by atoms with E-state index in [9.17, 15) is 9.18 Å². The van der Waals surface area contributed by atoms with Gasteiger partial charge in [0.15, 0.2) is 11.5 Å². The molecule has 1 aromatic heterocycles. The number of carbonyl (C=O) groups is 1. The first kappa shape index (κ1) is 17.4. The van der Waals surface area contributed by atoms with Crippen molar-refractivity contribution in [3.8, 4) is 11.5 Å². The first-order valence-corrected chi connectivity index (χ1v) is 8.86. The highest BCUT2D eigenvalue weighted by molar-refractivity contribution is 5.82. The number of halogens is 1. The van der Waals surface area contributed by atoms with Gasteiger partial charge in [-0.3, -0.25) is 4.79 Å². The fourth-order valence-electron chi connectivity index (χ4n) is 3.61. The highest BCUT2D eigenvalue weighted by Gasteiger charge is 2.29. The number of methoxy groups -OCH3 is 1. The van der Waals surface area contributed by atoms with Gasteiger partial charge in [0.25, 0.3) is 0 Å². The molecule has 2 heterocycles. The molecule has 0 spiro atoms. The second-order valence-electron chi connectivity index (χ2n) is 6.88. The number of aromatic amines is 1. The summed E-state index contributed by atoms with van der Waals surface area (Å²) in [6.45, 7) is 0.755. The van der Waals surface area contributed by atoms with Crippen molar-refractivity contribution in [3.05, 3.63) is 59.5 Å². The molecule has 3 aromatic rings. The molecule has 0 bridgehead atoms. The van der Waals surface area contributed by atoms with Crippen molar-refractivity contribution in [1.82, 2.24) is 9.88 Å². The van der Waals surface area contributed by atoms with Gasteiger partial charge in [-0.05, 0) is 42.3 Å². The number of carbonyl (C=O) groups excluding carboxylic acids is 1. The number of para-hydroxylation sites is 1. The topological polar surface area (TPSA) is 54.6 Å². The van der Waals surface area contributed by atoms with Crippen LogP contribution in [0.5, 0.6) is 11.5 Å². The summed E-state index contributed by atoms with van der Waals surface area (Å²) in [5.74, 6) is 0.928. The Morgan fingerprint density at radius 2 is 2.19 bits per heavy atom. The van der Waals surface area contributed by atoms with Gasteiger partial charge in [0, 0.05) is 23.6 Å². The fraction of sp³-hybridized carbons (Fsp3) is 0.286. The first-order valence-electron chi connectivity index (χ1n) is 8.86. The molecular formula is C21H21FN2O3. The van der Waals surface area contributed by atoms with Crippen molar-refractivity contribution in [2.24, 2.45) is 5.92 Å². The summed E-state index contributed by atoms with van der Waals surface area (Å²) in [5, 5.41) is 0.799. The van der Waals surface area contributed by atoms with Gasteiger partial charge < -0.3 is 19.4 Å². The SMILES string of the molecule is COc1cccc2c1OC[C@H](C(=O)N(C)Cc1cc3cc(F)ccc3[nH]1)C2. The number of hydrogen-bond acceptors (Lipinski definition) is 3. The summed E-state index contributed by atoms with van der Waals surface area (Å²) in [6.07, 6.45) is 0.619. The third kappa shape index (κ3) is 3.35. The van der Waals surface area contributed by atoms with E-state index >= 15 is 0 Å². The van der Waals surface area contributed by atoms with Crippen molar-refractivity contribution in [3.63, 3.8) is 0 Å². The number of rotatable bonds is 4. The Kier molecular flexibility index (Phi) is 4.48. The average molecular weight is 368 g/mol. The molecule has 27 heavy (non-hydrogen) atoms. The van der Waals surface area contributed by atoms with E-state index < -0.39 is 0 Å². The van der Waals surface area contributed by atoms with Gasteiger partial charge in [-0.2, -0.15) is 0 Å². The van der Waals surface area contributed by atoms with Crippen LogP contribution in [0.25, 0.3) is 10.9 Å². The molecule has 1 N–H and O–H groups in total. The molecule has 1 atom stereocenters. The highest BCUT2D eigenvalue weighted by atomic mass is 19.1. The van der Waals surface area contributed by atoms with Gasteiger partial charge >= 0.3 is 0 Å². The van der Waals surface area contributed by atoms with Crippen LogP contribution in [0.15, 0.2) is 42.5 Å². The molecule has 4 rings (SSSR count). The lowest BCUT2D eigenvalue weighted by Gasteiger charge is -2.28. The lowest BCUT2D eigenvalue weighted by atomic mass is 9.95. The number of fused-ring (bicyclic) bond motifs is 2. The van der Waals surface area contributed by atoms with Gasteiger partial charge in [-0.25, -0.2) is 4.39 Å². The van der Waals surface area contributed by atoms with Crippen molar-refractivity contribution in [2.75, 3.05) is 20.8 Å². The van der Waals surface area contributed by atoms with Crippen molar-refractivity contribution in [2.45, 2.75) is 13.0 Å². The van der Waals surface area contributed by atoms with Crippen LogP contribution >= 0.6 is 0 Å². The van der Waals surface area contributed by atoms with E-state index in [4.69, 9.17) is 9.47 Å². The van der Waals surface area contributed by atoms with Crippen molar-refractivity contribution in [1.29, 1.82) is 0 Å². The largest absolute Gasteiger partial charge is 0.493 e. The van der Waals surface area contributed by atoms with Gasteiger partial charge in [-0.15, -0.1) is 0 Å². The molecule has 0 radical (unpaired) electrons. The molecule has 1 aliphatic rings. The predicted octanol–water partition coefficient (Wildman–Crippen LogP) is 3.53. The summed E-state index contributed by atoms with van der Waals surface area (Å²) in [7, 11) is 3.38. The van der Waals surface area contributed by atoms with Crippen LogP contribution in [-0.2, 0) is 17.8 Å². The maximum atomic E-state index is 13.4. The van der Waals surface area contributed by atoms with Crippen LogP contribution in [0.1, 0.15) is 11.3 Å². The molecule has 1 aliphatic heterocycles. The second-order valence-corrected chi connectivity index (χ2v) is 6.88. The Hall–Kier alpha value is -3.02. The number of aromatic nitrogens is 1. The Balaban J connectivity index is 1.47. The minimum absolute atomic E-state index is 0.0216. The molecule has 1 amide bonds. The fourth-order valence-corrected chi connectivity index (χ4v) is 3.61. The minimum atomic E-state index is -0.272. The van der Waals surface area contributed by atoms with E-state index in [1.165, 1.54) is 12.1 Å². The van der Waals surface area contributed by atoms with Crippen LogP contribution in [-0.4, -0.2) is 36.6 Å². The van der Waals surface area contributed by atoms with E-state index in [0.29, 0.717) is 25.3 Å². The van der Waals surface area contributed by atoms with Gasteiger partial charge in [-0.1, -0.05) is 12.1 Å². The van der Waals surface area contributed by atoms with E-state index in [1.54, 1.807) is 25.1 Å². The second kappa shape index (κ2) is 6.95. The maximum Gasteiger partial charge on any atom is 0.229 e. The zero-order chi connectivity index (χ0) is 19.0. The zero-order valence-electron chi connectivity index (χ0n) is 15.3. The van der Waals surface area contributed by atoms with Crippen LogP contribution in [0.4, 0.5) is 4.39 Å². The summed E-state index contributed by atoms with van der Waals surface area (Å²) >= 11 is 0. The molecule has 0 saturated heterocycles. The third-order valence-electron chi connectivity index (χ3n) is 4.95. The normalized spacial score (nSPS) is 15.9. The van der Waals surface area contributed by atoms with Crippen LogP contribution in [0.2, 0.25) is 0 Å². The first-order chi connectivity index (χ1) is 13.0. The lowest BCUT2D eigenvalue weighted by Crippen LogP contribution is -2.38. The van der Waals surface area contributed by atoms with Gasteiger partial charge in [0.2, 0.25) is 5.91 Å². The third-order valence-corrected chi connectivity index (χ3v) is 4.95. The average Bonchev–Trinajstić information content (AvgIpc) is 3.07. The predicted molar refractivity (Wildman–Crippen MR) is 100 cm³/mol. The Morgan fingerprint density at radius 1 is 1.33 bits per heavy atom. The summed E-state index contributed by atoms with van der Waals surface area (Å²) in [6, 6.07) is 12.2. The molecule has 140 valence electrons. The number of ether oxygens (including phenoxy) is 2. The summed E-state index contributed by atoms with van der Waals surface area (Å²) in [4.78, 5) is 17.8. The van der Waals surface area contributed by atoms with Crippen LogP contribution in [0, 0.1) is 11.7 Å². The molecule has 0 fully saturated rings. The van der Waals surface area contributed by atoms with E-state index in [0.717, 1.165) is 27.9 Å². The number of amides is 1. The molecule has 6 heteroatoms. The Bertz CT molecular complexity index is 998. The smallest absolute Gasteiger partial charge is 0.229 e. The molecule has 2 aromatic carbocycles. The number of hydrogen-bond donors (Lipinski definition) is 1. The number of nitrogens with one attached hydrogen (secondary N) is 1. The summed E-state index contributed by atoms with van der Waals surface area (Å²) < 4.78 is 24.5. The monoisotopic (exact) mass is 368 g/mol. The molecule has 0 unspecified atom stereocenters. The highest BCUT2D eigenvalue weighted by Crippen LogP contribution is 2.36. The molecule has 0 aliphatic carbocycles. The van der Waals surface area contributed by atoms with Crippen molar-refractivity contribution < 1.29 is 18.7 Å². The lowest BCUT2D eigenvalue weighted by molar-refractivity contribution is -0.136. The quantitative estimate of drug-likeness (QED) is 0.767. The van der Waals surface area contributed by atoms with E-state index in [2.05, 4.69) is 4.98 Å². The summed E-state index contributed by atoms with van der Waals surface area (Å²) in [5.41, 5.74) is 2.70. The van der Waals surface area contributed by atoms with E-state index in [1.807, 2.05) is 24.3 Å². The number of nitrogens with zero attached hydrogens (tertiary/aromatic N) is 1. The number of benzene rings is 2. The standard InChI is InChI=1S/C21H21FN2O3/c1-24(11-17-10-14-9-16(22)6-7-18(14)23-17)21(25)15-8-13-4-3-5-19(26-2)20(13)27-12-15/h3-7,9-10,15,23H,8,11-12H2,1-2H3/t15-/m1/s1.